The van der Waals surface area contributed by atoms with E-state index < -0.39 is 5.92 Å². The molecule has 1 aromatic carbocycles. The number of rotatable bonds is 10. The molecule has 7 nitrogen and oxygen atoms in total. The van der Waals surface area contributed by atoms with E-state index in [0.29, 0.717) is 17.9 Å². The zero-order valence-electron chi connectivity index (χ0n) is 14.4. The maximum absolute atomic E-state index is 12.7. The molecule has 0 aliphatic carbocycles. The van der Waals surface area contributed by atoms with Crippen LogP contribution in [0.4, 0.5) is 0 Å². The number of ether oxygens (including phenoxy) is 3. The van der Waals surface area contributed by atoms with Crippen molar-refractivity contribution in [1.29, 1.82) is 0 Å². The minimum absolute atomic E-state index is 0.0784. The van der Waals surface area contributed by atoms with Crippen molar-refractivity contribution >= 4 is 11.9 Å². The number of amides is 1. The van der Waals surface area contributed by atoms with E-state index in [1.165, 1.54) is 7.11 Å². The molecule has 1 atom stereocenters. The molecule has 7 heteroatoms. The van der Waals surface area contributed by atoms with Gasteiger partial charge in [-0.1, -0.05) is 6.92 Å². The zero-order chi connectivity index (χ0) is 17.9. The van der Waals surface area contributed by atoms with Crippen molar-refractivity contribution in [2.75, 3.05) is 47.1 Å². The summed E-state index contributed by atoms with van der Waals surface area (Å²) in [6.45, 7) is 2.64. The van der Waals surface area contributed by atoms with Gasteiger partial charge in [-0.3, -0.25) is 9.59 Å². The molecule has 24 heavy (non-hydrogen) atoms. The van der Waals surface area contributed by atoms with E-state index in [2.05, 4.69) is 0 Å². The van der Waals surface area contributed by atoms with Gasteiger partial charge in [0.2, 0.25) is 0 Å². The lowest BCUT2D eigenvalue weighted by atomic mass is 10.1. The predicted molar refractivity (Wildman–Crippen MR) is 88.0 cm³/mol. The number of aliphatic hydroxyl groups is 1. The third kappa shape index (κ3) is 6.17. The van der Waals surface area contributed by atoms with Gasteiger partial charge in [-0.2, -0.15) is 0 Å². The first-order valence-electron chi connectivity index (χ1n) is 7.73. The van der Waals surface area contributed by atoms with Gasteiger partial charge in [-0.05, 0) is 24.3 Å². The number of nitrogens with zero attached hydrogens (tertiary/aromatic N) is 1. The molecule has 1 rings (SSSR count). The summed E-state index contributed by atoms with van der Waals surface area (Å²) in [6, 6.07) is 6.76. The van der Waals surface area contributed by atoms with E-state index in [1.807, 2.05) is 0 Å². The zero-order valence-corrected chi connectivity index (χ0v) is 14.4. The van der Waals surface area contributed by atoms with Gasteiger partial charge in [-0.15, -0.1) is 0 Å². The summed E-state index contributed by atoms with van der Waals surface area (Å²) in [5, 5.41) is 8.74. The number of hydrogen-bond acceptors (Lipinski definition) is 6. The molecule has 134 valence electrons. The number of benzene rings is 1. The van der Waals surface area contributed by atoms with Crippen molar-refractivity contribution in [3.8, 4) is 5.75 Å². The van der Waals surface area contributed by atoms with Crippen LogP contribution in [0.25, 0.3) is 0 Å². The Morgan fingerprint density at radius 1 is 1.17 bits per heavy atom. The summed E-state index contributed by atoms with van der Waals surface area (Å²) in [7, 11) is 2.87. The molecule has 0 fully saturated rings. The monoisotopic (exact) mass is 339 g/mol. The van der Waals surface area contributed by atoms with Crippen molar-refractivity contribution in [2.45, 2.75) is 6.92 Å². The normalized spacial score (nSPS) is 11.7. The third-order valence-electron chi connectivity index (χ3n) is 3.46. The molecule has 0 aromatic heterocycles. The SMILES string of the molecule is COC(=O)C(C)CN(CCOCCO)C(=O)c1ccc(OC)cc1. The average Bonchev–Trinajstić information content (AvgIpc) is 2.62. The van der Waals surface area contributed by atoms with Crippen LogP contribution in [-0.4, -0.2) is 69.0 Å². The number of esters is 1. The minimum atomic E-state index is -0.449. The van der Waals surface area contributed by atoms with Gasteiger partial charge < -0.3 is 24.2 Å². The fraction of sp³-hybridized carbons (Fsp3) is 0.529. The average molecular weight is 339 g/mol. The molecule has 0 aliphatic rings. The van der Waals surface area contributed by atoms with Crippen LogP contribution in [0.2, 0.25) is 0 Å². The molecular formula is C17H25NO6. The molecule has 0 saturated heterocycles. The van der Waals surface area contributed by atoms with Gasteiger partial charge in [0.15, 0.2) is 0 Å². The molecule has 0 heterocycles. The van der Waals surface area contributed by atoms with Crippen molar-refractivity contribution in [3.63, 3.8) is 0 Å². The number of carbonyl (C=O) groups excluding carboxylic acids is 2. The summed E-state index contributed by atoms with van der Waals surface area (Å²) >= 11 is 0. The first-order valence-corrected chi connectivity index (χ1v) is 7.73. The largest absolute Gasteiger partial charge is 0.497 e. The standard InChI is InChI=1S/C17H25NO6/c1-13(17(21)23-3)12-18(8-10-24-11-9-19)16(20)14-4-6-15(22-2)7-5-14/h4-7,13,19H,8-12H2,1-3H3. The molecule has 1 unspecified atom stereocenters. The van der Waals surface area contributed by atoms with Gasteiger partial charge in [-0.25, -0.2) is 0 Å². The van der Waals surface area contributed by atoms with Crippen molar-refractivity contribution < 1.29 is 28.9 Å². The highest BCUT2D eigenvalue weighted by atomic mass is 16.5. The number of carbonyl (C=O) groups is 2. The fourth-order valence-corrected chi connectivity index (χ4v) is 2.14. The first-order chi connectivity index (χ1) is 11.5. The van der Waals surface area contributed by atoms with Crippen LogP contribution >= 0.6 is 0 Å². The van der Waals surface area contributed by atoms with E-state index in [1.54, 1.807) is 43.2 Å². The summed E-state index contributed by atoms with van der Waals surface area (Å²) < 4.78 is 15.0. The quantitative estimate of drug-likeness (QED) is 0.505. The van der Waals surface area contributed by atoms with E-state index in [-0.39, 0.29) is 38.2 Å². The predicted octanol–water partition coefficient (Wildman–Crippen LogP) is 0.955. The highest BCUT2D eigenvalue weighted by Gasteiger charge is 2.22. The van der Waals surface area contributed by atoms with Crippen molar-refractivity contribution in [2.24, 2.45) is 5.92 Å². The van der Waals surface area contributed by atoms with Crippen molar-refractivity contribution in [3.05, 3.63) is 29.8 Å². The van der Waals surface area contributed by atoms with Crippen LogP contribution in [0.15, 0.2) is 24.3 Å². The highest BCUT2D eigenvalue weighted by Crippen LogP contribution is 2.14. The Morgan fingerprint density at radius 2 is 1.83 bits per heavy atom. The van der Waals surface area contributed by atoms with E-state index in [0.717, 1.165) is 0 Å². The summed E-state index contributed by atoms with van der Waals surface area (Å²) in [5.74, 6) is -0.373. The van der Waals surface area contributed by atoms with Crippen molar-refractivity contribution in [1.82, 2.24) is 4.90 Å². The second-order valence-corrected chi connectivity index (χ2v) is 5.24. The molecule has 0 aliphatic heterocycles. The number of methoxy groups -OCH3 is 2. The minimum Gasteiger partial charge on any atom is -0.497 e. The Labute approximate surface area is 142 Å². The van der Waals surface area contributed by atoms with E-state index in [4.69, 9.17) is 19.3 Å². The van der Waals surface area contributed by atoms with Crippen LogP contribution in [0.3, 0.4) is 0 Å². The van der Waals surface area contributed by atoms with E-state index >= 15 is 0 Å². The molecule has 0 bridgehead atoms. The maximum Gasteiger partial charge on any atom is 0.310 e. The number of aliphatic hydroxyl groups excluding tert-OH is 1. The second kappa shape index (κ2) is 10.6. The summed E-state index contributed by atoms with van der Waals surface area (Å²) in [5.41, 5.74) is 0.495. The molecule has 0 radical (unpaired) electrons. The van der Waals surface area contributed by atoms with Crippen LogP contribution in [0.5, 0.6) is 5.75 Å². The highest BCUT2D eigenvalue weighted by molar-refractivity contribution is 5.94. The third-order valence-corrected chi connectivity index (χ3v) is 3.46. The lowest BCUT2D eigenvalue weighted by Gasteiger charge is -2.25. The van der Waals surface area contributed by atoms with Crippen LogP contribution in [-0.2, 0) is 14.3 Å². The molecule has 0 spiro atoms. The van der Waals surface area contributed by atoms with E-state index in [9.17, 15) is 9.59 Å². The van der Waals surface area contributed by atoms with Gasteiger partial charge >= 0.3 is 5.97 Å². The lowest BCUT2D eigenvalue weighted by molar-refractivity contribution is -0.145. The van der Waals surface area contributed by atoms with Crippen LogP contribution in [0.1, 0.15) is 17.3 Å². The molecule has 1 aromatic rings. The Balaban J connectivity index is 2.80. The van der Waals surface area contributed by atoms with Crippen LogP contribution in [0, 0.1) is 5.92 Å². The first kappa shape index (κ1) is 19.9. The van der Waals surface area contributed by atoms with Gasteiger partial charge in [0, 0.05) is 18.7 Å². The molecule has 1 amide bonds. The Hall–Kier alpha value is -2.12. The molecule has 0 saturated carbocycles. The summed E-state index contributed by atoms with van der Waals surface area (Å²) in [4.78, 5) is 25.9. The Morgan fingerprint density at radius 3 is 2.38 bits per heavy atom. The van der Waals surface area contributed by atoms with Gasteiger partial charge in [0.1, 0.15) is 5.75 Å². The fourth-order valence-electron chi connectivity index (χ4n) is 2.14. The summed E-state index contributed by atoms with van der Waals surface area (Å²) in [6.07, 6.45) is 0. The maximum atomic E-state index is 12.7. The lowest BCUT2D eigenvalue weighted by Crippen LogP contribution is -2.39. The number of hydrogen-bond donors (Lipinski definition) is 1. The topological polar surface area (TPSA) is 85.3 Å². The smallest absolute Gasteiger partial charge is 0.310 e. The molecular weight excluding hydrogens is 314 g/mol. The van der Waals surface area contributed by atoms with Gasteiger partial charge in [0.25, 0.3) is 5.91 Å². The second-order valence-electron chi connectivity index (χ2n) is 5.24. The van der Waals surface area contributed by atoms with Crippen LogP contribution < -0.4 is 4.74 Å². The Kier molecular flexibility index (Phi) is 8.81. The molecule has 1 N–H and O–H groups in total. The van der Waals surface area contributed by atoms with Gasteiger partial charge in [0.05, 0.1) is 40.0 Å². The Bertz CT molecular complexity index is 516.